The van der Waals surface area contributed by atoms with E-state index in [0.29, 0.717) is 19.0 Å². The van der Waals surface area contributed by atoms with Crippen molar-refractivity contribution < 1.29 is 9.53 Å². The highest BCUT2D eigenvalue weighted by Crippen LogP contribution is 2.29. The molecule has 1 aromatic rings. The maximum absolute atomic E-state index is 12.0. The van der Waals surface area contributed by atoms with Gasteiger partial charge in [0.25, 0.3) is 0 Å². The molecule has 2 heterocycles. The van der Waals surface area contributed by atoms with E-state index in [1.165, 1.54) is 5.69 Å². The van der Waals surface area contributed by atoms with Crippen molar-refractivity contribution in [3.63, 3.8) is 0 Å². The number of imidazole rings is 1. The highest BCUT2D eigenvalue weighted by Gasteiger charge is 2.36. The van der Waals surface area contributed by atoms with E-state index in [2.05, 4.69) is 30.3 Å². The Hall–Kier alpha value is -1.52. The maximum Gasteiger partial charge on any atom is 0.410 e. The molecule has 1 aliphatic heterocycles. The Labute approximate surface area is 127 Å². The number of carbonyl (C=O) groups excluding carboxylic acids is 1. The predicted molar refractivity (Wildman–Crippen MR) is 82.2 cm³/mol. The van der Waals surface area contributed by atoms with Crippen LogP contribution in [0.25, 0.3) is 0 Å². The molecule has 1 aromatic heterocycles. The summed E-state index contributed by atoms with van der Waals surface area (Å²) in [5.41, 5.74) is 0.991. The van der Waals surface area contributed by atoms with Crippen molar-refractivity contribution in [1.82, 2.24) is 14.5 Å². The van der Waals surface area contributed by atoms with Crippen molar-refractivity contribution in [2.75, 3.05) is 13.1 Å². The zero-order valence-electron chi connectivity index (χ0n) is 14.0. The monoisotopic (exact) mass is 293 g/mol. The Morgan fingerprint density at radius 2 is 1.90 bits per heavy atom. The van der Waals surface area contributed by atoms with Gasteiger partial charge in [-0.2, -0.15) is 0 Å². The van der Waals surface area contributed by atoms with Gasteiger partial charge < -0.3 is 14.2 Å². The molecule has 0 radical (unpaired) electrons. The lowest BCUT2D eigenvalue weighted by molar-refractivity contribution is 0.00746. The molecule has 118 valence electrons. The molecule has 1 fully saturated rings. The quantitative estimate of drug-likeness (QED) is 0.841. The van der Waals surface area contributed by atoms with Crippen molar-refractivity contribution in [1.29, 1.82) is 0 Å². The van der Waals surface area contributed by atoms with Gasteiger partial charge in [0, 0.05) is 37.4 Å². The Bertz CT molecular complexity index is 502. The van der Waals surface area contributed by atoms with Gasteiger partial charge in [0.1, 0.15) is 5.60 Å². The minimum atomic E-state index is -0.434. The van der Waals surface area contributed by atoms with Crippen LogP contribution in [0.2, 0.25) is 0 Å². The number of rotatable bonds is 2. The van der Waals surface area contributed by atoms with Gasteiger partial charge in [-0.15, -0.1) is 0 Å². The lowest BCUT2D eigenvalue weighted by Crippen LogP contribution is -2.50. The van der Waals surface area contributed by atoms with Gasteiger partial charge >= 0.3 is 6.09 Å². The molecule has 0 unspecified atom stereocenters. The van der Waals surface area contributed by atoms with Gasteiger partial charge in [0.2, 0.25) is 0 Å². The first-order valence-electron chi connectivity index (χ1n) is 7.53. The lowest BCUT2D eigenvalue weighted by atomic mass is 9.94. The van der Waals surface area contributed by atoms with Crippen LogP contribution in [0.3, 0.4) is 0 Å². The number of hydrogen-bond donors (Lipinski definition) is 0. The molecule has 0 saturated carbocycles. The van der Waals surface area contributed by atoms with E-state index in [9.17, 15) is 4.79 Å². The minimum absolute atomic E-state index is 0.212. The van der Waals surface area contributed by atoms with Gasteiger partial charge in [-0.1, -0.05) is 20.8 Å². The second kappa shape index (κ2) is 5.35. The Morgan fingerprint density at radius 1 is 1.29 bits per heavy atom. The van der Waals surface area contributed by atoms with Crippen LogP contribution < -0.4 is 0 Å². The summed E-state index contributed by atoms with van der Waals surface area (Å²) < 4.78 is 7.59. The predicted octanol–water partition coefficient (Wildman–Crippen LogP) is 3.26. The molecule has 0 bridgehead atoms. The number of amides is 1. The number of hydrogen-bond acceptors (Lipinski definition) is 3. The topological polar surface area (TPSA) is 47.4 Å². The number of ether oxygens (including phenoxy) is 1. The SMILES string of the molecule is CC(C)(C)Cn1cncc1C1CN(C(=O)OC(C)(C)C)C1. The number of aromatic nitrogens is 2. The Balaban J connectivity index is 1.93. The van der Waals surface area contributed by atoms with Gasteiger partial charge in [0.15, 0.2) is 0 Å². The molecule has 2 rings (SSSR count). The normalized spacial score (nSPS) is 16.8. The Kier molecular flexibility index (Phi) is 4.04. The van der Waals surface area contributed by atoms with Crippen LogP contribution >= 0.6 is 0 Å². The van der Waals surface area contributed by atoms with E-state index < -0.39 is 5.60 Å². The fraction of sp³-hybridized carbons (Fsp3) is 0.750. The fourth-order valence-electron chi connectivity index (χ4n) is 2.46. The molecular weight excluding hydrogens is 266 g/mol. The molecular formula is C16H27N3O2. The molecule has 1 saturated heterocycles. The standard InChI is InChI=1S/C16H27N3O2/c1-15(2,3)10-19-11-17-7-13(19)12-8-18(9-12)14(20)21-16(4,5)6/h7,11-12H,8-10H2,1-6H3. The van der Waals surface area contributed by atoms with Crippen LogP contribution in [0, 0.1) is 5.41 Å². The zero-order valence-corrected chi connectivity index (χ0v) is 14.0. The molecule has 5 heteroatoms. The minimum Gasteiger partial charge on any atom is -0.444 e. The van der Waals surface area contributed by atoms with Gasteiger partial charge in [-0.05, 0) is 26.2 Å². The second-order valence-electron chi connectivity index (χ2n) is 8.09. The van der Waals surface area contributed by atoms with Gasteiger partial charge in [-0.3, -0.25) is 0 Å². The zero-order chi connectivity index (χ0) is 15.8. The number of carbonyl (C=O) groups is 1. The first kappa shape index (κ1) is 15.9. The molecule has 0 N–H and O–H groups in total. The molecule has 5 nitrogen and oxygen atoms in total. The molecule has 1 aliphatic rings. The van der Waals surface area contributed by atoms with Crippen molar-refractivity contribution in [3.8, 4) is 0 Å². The summed E-state index contributed by atoms with van der Waals surface area (Å²) in [6.07, 6.45) is 3.58. The summed E-state index contributed by atoms with van der Waals surface area (Å²) in [7, 11) is 0. The van der Waals surface area contributed by atoms with Gasteiger partial charge in [0.05, 0.1) is 6.33 Å². The molecule has 21 heavy (non-hydrogen) atoms. The third kappa shape index (κ3) is 4.22. The average molecular weight is 293 g/mol. The fourth-order valence-corrected chi connectivity index (χ4v) is 2.46. The third-order valence-corrected chi connectivity index (χ3v) is 3.34. The summed E-state index contributed by atoms with van der Waals surface area (Å²) >= 11 is 0. The van der Waals surface area contributed by atoms with Gasteiger partial charge in [-0.25, -0.2) is 9.78 Å². The first-order valence-corrected chi connectivity index (χ1v) is 7.53. The third-order valence-electron chi connectivity index (χ3n) is 3.34. The van der Waals surface area contributed by atoms with Crippen molar-refractivity contribution >= 4 is 6.09 Å². The highest BCUT2D eigenvalue weighted by atomic mass is 16.6. The van der Waals surface area contributed by atoms with Crippen LogP contribution in [-0.4, -0.2) is 39.2 Å². The molecule has 0 atom stereocenters. The highest BCUT2D eigenvalue weighted by molar-refractivity contribution is 5.69. The maximum atomic E-state index is 12.0. The summed E-state index contributed by atoms with van der Waals surface area (Å²) in [6, 6.07) is 0. The van der Waals surface area contributed by atoms with E-state index in [4.69, 9.17) is 4.74 Å². The van der Waals surface area contributed by atoms with Crippen molar-refractivity contribution in [2.45, 2.75) is 59.6 Å². The second-order valence-corrected chi connectivity index (χ2v) is 8.09. The van der Waals surface area contributed by atoms with E-state index >= 15 is 0 Å². The molecule has 1 amide bonds. The first-order chi connectivity index (χ1) is 9.55. The smallest absolute Gasteiger partial charge is 0.410 e. The van der Waals surface area contributed by atoms with E-state index in [0.717, 1.165) is 6.54 Å². The summed E-state index contributed by atoms with van der Waals surface area (Å²) in [4.78, 5) is 18.0. The largest absolute Gasteiger partial charge is 0.444 e. The van der Waals surface area contributed by atoms with E-state index in [-0.39, 0.29) is 11.5 Å². The Morgan fingerprint density at radius 3 is 2.43 bits per heavy atom. The number of nitrogens with zero attached hydrogens (tertiary/aromatic N) is 3. The van der Waals surface area contributed by atoms with Crippen molar-refractivity contribution in [3.05, 3.63) is 18.2 Å². The van der Waals surface area contributed by atoms with Crippen LogP contribution in [0.1, 0.15) is 53.2 Å². The van der Waals surface area contributed by atoms with Crippen LogP contribution in [0.15, 0.2) is 12.5 Å². The summed E-state index contributed by atoms with van der Waals surface area (Å²) in [6.45, 7) is 14.7. The summed E-state index contributed by atoms with van der Waals surface area (Å²) in [5, 5.41) is 0. The summed E-state index contributed by atoms with van der Waals surface area (Å²) in [5.74, 6) is 0.363. The molecule has 0 spiro atoms. The van der Waals surface area contributed by atoms with Crippen LogP contribution in [0.4, 0.5) is 4.79 Å². The average Bonchev–Trinajstić information content (AvgIpc) is 2.58. The number of likely N-dealkylation sites (tertiary alicyclic amines) is 1. The molecule has 0 aromatic carbocycles. The van der Waals surface area contributed by atoms with E-state index in [1.54, 1.807) is 4.90 Å². The van der Waals surface area contributed by atoms with Crippen LogP contribution in [0.5, 0.6) is 0 Å². The lowest BCUT2D eigenvalue weighted by Gasteiger charge is -2.40. The van der Waals surface area contributed by atoms with Crippen LogP contribution in [-0.2, 0) is 11.3 Å². The molecule has 0 aliphatic carbocycles. The van der Waals surface area contributed by atoms with Crippen molar-refractivity contribution in [2.24, 2.45) is 5.41 Å². The van der Waals surface area contributed by atoms with E-state index in [1.807, 2.05) is 33.3 Å².